The summed E-state index contributed by atoms with van der Waals surface area (Å²) in [6, 6.07) is 0. The van der Waals surface area contributed by atoms with E-state index in [2.05, 4.69) is 68.9 Å². The molecular formula is C25H44. The van der Waals surface area contributed by atoms with Crippen LogP contribution >= 0.6 is 0 Å². The zero-order valence-corrected chi connectivity index (χ0v) is 18.6. The minimum Gasteiger partial charge on any atom is -0.103 e. The summed E-state index contributed by atoms with van der Waals surface area (Å²) in [6.07, 6.45) is 7.09. The fraction of sp³-hybridized carbons (Fsp3) is 0.760. The molecule has 0 aromatic carbocycles. The van der Waals surface area contributed by atoms with Gasteiger partial charge in [0.25, 0.3) is 0 Å². The van der Waals surface area contributed by atoms with Crippen molar-refractivity contribution in [2.24, 2.45) is 35.5 Å². The summed E-state index contributed by atoms with van der Waals surface area (Å²) in [4.78, 5) is 0. The number of allylic oxidation sites excluding steroid dienone is 5. The van der Waals surface area contributed by atoms with Gasteiger partial charge in [0.2, 0.25) is 0 Å². The molecule has 0 N–H and O–H groups in total. The van der Waals surface area contributed by atoms with Crippen LogP contribution < -0.4 is 0 Å². The van der Waals surface area contributed by atoms with Crippen LogP contribution in [0.2, 0.25) is 0 Å². The number of unbranched alkanes of at least 4 members (excludes halogenated alkanes) is 1. The van der Waals surface area contributed by atoms with E-state index in [9.17, 15) is 0 Å². The molecule has 0 saturated carbocycles. The second-order valence-electron chi connectivity index (χ2n) is 8.90. The summed E-state index contributed by atoms with van der Waals surface area (Å²) >= 11 is 0. The Bertz CT molecular complexity index is 462. The highest BCUT2D eigenvalue weighted by atomic mass is 14.4. The van der Waals surface area contributed by atoms with E-state index in [1.165, 1.54) is 19.3 Å². The van der Waals surface area contributed by atoms with Crippen molar-refractivity contribution >= 4 is 0 Å². The minimum absolute atomic E-state index is 0.790. The van der Waals surface area contributed by atoms with E-state index < -0.39 is 0 Å². The van der Waals surface area contributed by atoms with Crippen LogP contribution in [0.25, 0.3) is 0 Å². The van der Waals surface area contributed by atoms with E-state index in [-0.39, 0.29) is 0 Å². The Morgan fingerprint density at radius 3 is 1.24 bits per heavy atom. The van der Waals surface area contributed by atoms with Crippen molar-refractivity contribution in [2.45, 2.75) is 88.0 Å². The maximum Gasteiger partial charge on any atom is -0.0172 e. The van der Waals surface area contributed by atoms with Gasteiger partial charge in [-0.25, -0.2) is 0 Å². The molecule has 0 amide bonds. The summed E-state index contributed by atoms with van der Waals surface area (Å²) in [5.41, 5.74) is 6.72. The van der Waals surface area contributed by atoms with Crippen LogP contribution in [0.1, 0.15) is 88.0 Å². The molecule has 0 aromatic heterocycles. The first kappa shape index (κ1) is 22.3. The Hall–Kier alpha value is -0.780. The molecule has 0 aliphatic heterocycles. The molecule has 2 rings (SSSR count). The first-order valence-electron chi connectivity index (χ1n) is 10.6. The second kappa shape index (κ2) is 9.79. The molecule has 2 aliphatic carbocycles. The average molecular weight is 345 g/mol. The van der Waals surface area contributed by atoms with Crippen molar-refractivity contribution in [1.82, 2.24) is 0 Å². The Morgan fingerprint density at radius 1 is 0.720 bits per heavy atom. The highest BCUT2D eigenvalue weighted by Gasteiger charge is 2.36. The van der Waals surface area contributed by atoms with Gasteiger partial charge in [0, 0.05) is 0 Å². The lowest BCUT2D eigenvalue weighted by molar-refractivity contribution is 0.291. The smallest absolute Gasteiger partial charge is 0.0172 e. The molecule has 0 heterocycles. The maximum atomic E-state index is 3.55. The molecule has 2 unspecified atom stereocenters. The van der Waals surface area contributed by atoms with Gasteiger partial charge < -0.3 is 0 Å². The van der Waals surface area contributed by atoms with Crippen LogP contribution in [-0.4, -0.2) is 0 Å². The summed E-state index contributed by atoms with van der Waals surface area (Å²) in [6.45, 7) is 24.9. The van der Waals surface area contributed by atoms with Crippen LogP contribution in [0, 0.1) is 35.5 Å². The third-order valence-electron chi connectivity index (χ3n) is 7.85. The molecule has 144 valence electrons. The lowest BCUT2D eigenvalue weighted by atomic mass is 9.79. The third kappa shape index (κ3) is 4.89. The first-order valence-corrected chi connectivity index (χ1v) is 10.6. The van der Waals surface area contributed by atoms with Gasteiger partial charge in [0.15, 0.2) is 0 Å². The van der Waals surface area contributed by atoms with Gasteiger partial charge in [-0.05, 0) is 82.5 Å². The summed E-state index contributed by atoms with van der Waals surface area (Å²) in [5, 5.41) is 0. The molecule has 0 spiro atoms. The molecule has 25 heavy (non-hydrogen) atoms. The van der Waals surface area contributed by atoms with Crippen LogP contribution in [0.3, 0.4) is 0 Å². The summed E-state index contributed by atoms with van der Waals surface area (Å²) < 4.78 is 0. The lowest BCUT2D eigenvalue weighted by Gasteiger charge is -2.25. The molecule has 0 heteroatoms. The largest absolute Gasteiger partial charge is 0.103 e. The maximum absolute atomic E-state index is 3.55. The predicted octanol–water partition coefficient (Wildman–Crippen LogP) is 8.22. The summed E-state index contributed by atoms with van der Waals surface area (Å²) in [7, 11) is 0. The Labute approximate surface area is 158 Å². The molecule has 6 atom stereocenters. The standard InChI is InChI=1S/C20H34.C5H10/c1-11-12(2)16(6)19(15(11)5)9-10-20-17(7)13(3)14(4)18(20)8;1-3-5-4-2/h11,13,15,17,19-20H,9-10H2,1-8H3;3H,1,4-5H2,2H3/t11-,13-,15?,17?,19-,20-;/m1./s1. The predicted molar refractivity (Wildman–Crippen MR) is 115 cm³/mol. The van der Waals surface area contributed by atoms with Crippen molar-refractivity contribution in [3.8, 4) is 0 Å². The van der Waals surface area contributed by atoms with E-state index in [1.807, 2.05) is 6.08 Å². The zero-order valence-electron chi connectivity index (χ0n) is 18.6. The normalized spacial score (nSPS) is 35.1. The molecule has 0 radical (unpaired) electrons. The van der Waals surface area contributed by atoms with Crippen molar-refractivity contribution in [3.05, 3.63) is 34.9 Å². The van der Waals surface area contributed by atoms with Crippen molar-refractivity contribution in [3.63, 3.8) is 0 Å². The SMILES string of the molecule is C=CCCC.CC1=C(C)[C@H](CC[C@H]2C(C)=C(C)[C@@H](C)C2C)C(C)[C@@H]1C. The van der Waals surface area contributed by atoms with Gasteiger partial charge in [-0.3, -0.25) is 0 Å². The quantitative estimate of drug-likeness (QED) is 0.441. The van der Waals surface area contributed by atoms with Crippen LogP contribution in [-0.2, 0) is 0 Å². The molecule has 0 aromatic rings. The zero-order chi connectivity index (χ0) is 19.3. The van der Waals surface area contributed by atoms with E-state index >= 15 is 0 Å². The van der Waals surface area contributed by atoms with Crippen LogP contribution in [0.4, 0.5) is 0 Å². The fourth-order valence-corrected chi connectivity index (χ4v) is 5.10. The topological polar surface area (TPSA) is 0 Å². The van der Waals surface area contributed by atoms with Crippen LogP contribution in [0.5, 0.6) is 0 Å². The van der Waals surface area contributed by atoms with Gasteiger partial charge in [-0.15, -0.1) is 6.58 Å². The van der Waals surface area contributed by atoms with Gasteiger partial charge in [-0.2, -0.15) is 0 Å². The molecule has 0 fully saturated rings. The monoisotopic (exact) mass is 344 g/mol. The highest BCUT2D eigenvalue weighted by molar-refractivity contribution is 5.26. The number of rotatable bonds is 5. The van der Waals surface area contributed by atoms with Crippen molar-refractivity contribution < 1.29 is 0 Å². The van der Waals surface area contributed by atoms with Gasteiger partial charge >= 0.3 is 0 Å². The molecule has 0 saturated heterocycles. The van der Waals surface area contributed by atoms with Crippen molar-refractivity contribution in [1.29, 1.82) is 0 Å². The van der Waals surface area contributed by atoms with Crippen molar-refractivity contribution in [2.75, 3.05) is 0 Å². The van der Waals surface area contributed by atoms with E-state index in [0.29, 0.717) is 0 Å². The third-order valence-corrected chi connectivity index (χ3v) is 7.85. The molecule has 0 nitrogen and oxygen atoms in total. The van der Waals surface area contributed by atoms with Gasteiger partial charge in [0.1, 0.15) is 0 Å². The molecule has 0 bridgehead atoms. The minimum atomic E-state index is 0.790. The average Bonchev–Trinajstić information content (AvgIpc) is 2.89. The number of hydrogen-bond acceptors (Lipinski definition) is 0. The van der Waals surface area contributed by atoms with E-state index in [4.69, 9.17) is 0 Å². The Balaban J connectivity index is 0.000000550. The Morgan fingerprint density at radius 2 is 1.08 bits per heavy atom. The van der Waals surface area contributed by atoms with Gasteiger partial charge in [0.05, 0.1) is 0 Å². The second-order valence-corrected chi connectivity index (χ2v) is 8.90. The van der Waals surface area contributed by atoms with Gasteiger partial charge in [-0.1, -0.05) is 69.4 Å². The van der Waals surface area contributed by atoms with E-state index in [0.717, 1.165) is 41.9 Å². The lowest BCUT2D eigenvalue weighted by Crippen LogP contribution is -2.17. The Kier molecular flexibility index (Phi) is 8.72. The molecular weight excluding hydrogens is 300 g/mol. The fourth-order valence-electron chi connectivity index (χ4n) is 5.10. The summed E-state index contributed by atoms with van der Waals surface area (Å²) in [5.74, 6) is 4.93. The van der Waals surface area contributed by atoms with Crippen LogP contribution in [0.15, 0.2) is 34.9 Å². The molecule has 2 aliphatic rings. The highest BCUT2D eigenvalue weighted by Crippen LogP contribution is 2.47. The van der Waals surface area contributed by atoms with E-state index in [1.54, 1.807) is 22.3 Å². The number of hydrogen-bond donors (Lipinski definition) is 0. The first-order chi connectivity index (χ1) is 11.7.